The zero-order valence-electron chi connectivity index (χ0n) is 14.3. The molecule has 2 aromatic rings. The molecule has 0 aliphatic heterocycles. The molecule has 0 radical (unpaired) electrons. The fourth-order valence-corrected chi connectivity index (χ4v) is 2.69. The predicted octanol–water partition coefficient (Wildman–Crippen LogP) is 4.25. The number of thioether (sulfide) groups is 1. The molecule has 4 nitrogen and oxygen atoms in total. The number of carbonyl (C=O) groups is 1. The summed E-state index contributed by atoms with van der Waals surface area (Å²) in [6.07, 6.45) is 0.958. The number of benzene rings is 2. The van der Waals surface area contributed by atoms with Crippen molar-refractivity contribution in [1.29, 1.82) is 0 Å². The highest BCUT2D eigenvalue weighted by Gasteiger charge is 2.06. The molecule has 0 spiro atoms. The molecule has 0 saturated carbocycles. The minimum atomic E-state index is -0.328. The highest BCUT2D eigenvalue weighted by molar-refractivity contribution is 8.00. The number of hydrogen-bond acceptors (Lipinski definition) is 4. The van der Waals surface area contributed by atoms with E-state index in [2.05, 4.69) is 17.5 Å². The lowest BCUT2D eigenvalue weighted by Crippen LogP contribution is -2.21. The van der Waals surface area contributed by atoms with E-state index >= 15 is 0 Å². The Balaban J connectivity index is 1.85. The number of ether oxygens (including phenoxy) is 1. The molecule has 2 rings (SSSR count). The molecule has 0 fully saturated rings. The fourth-order valence-electron chi connectivity index (χ4n) is 1.96. The molecule has 0 aromatic heterocycles. The summed E-state index contributed by atoms with van der Waals surface area (Å²) >= 11 is 1.14. The van der Waals surface area contributed by atoms with Gasteiger partial charge in [0.2, 0.25) is 5.91 Å². The molecule has 1 N–H and O–H groups in total. The minimum Gasteiger partial charge on any atom is -0.494 e. The lowest BCUT2D eigenvalue weighted by molar-refractivity contribution is -0.118. The van der Waals surface area contributed by atoms with Crippen LogP contribution < -0.4 is 10.2 Å². The topological polar surface area (TPSA) is 50.7 Å². The van der Waals surface area contributed by atoms with Crippen LogP contribution in [0.1, 0.15) is 25.8 Å². The van der Waals surface area contributed by atoms with Crippen LogP contribution in [0.5, 0.6) is 5.75 Å². The summed E-state index contributed by atoms with van der Waals surface area (Å²) in [5.74, 6) is 0.297. The largest absolute Gasteiger partial charge is 0.494 e. The summed E-state index contributed by atoms with van der Waals surface area (Å²) in [5, 5.41) is 4.09. The standard InChI is InChI=1S/C19H21FN2O2S/c1-3-12-24-16-10-8-15(9-11-16)14(2)21-22-19(23)13-25-18-7-5-4-6-17(18)20/h4-11H,3,12-13H2,1-2H3,(H,22,23)/b21-14+. The van der Waals surface area contributed by atoms with E-state index in [1.807, 2.05) is 31.2 Å². The van der Waals surface area contributed by atoms with Crippen LogP contribution >= 0.6 is 11.8 Å². The maximum atomic E-state index is 13.5. The van der Waals surface area contributed by atoms with Crippen LogP contribution in [0, 0.1) is 5.82 Å². The summed E-state index contributed by atoms with van der Waals surface area (Å²) < 4.78 is 19.0. The van der Waals surface area contributed by atoms with Crippen molar-refractivity contribution in [2.75, 3.05) is 12.4 Å². The Morgan fingerprint density at radius 3 is 2.60 bits per heavy atom. The zero-order chi connectivity index (χ0) is 18.1. The van der Waals surface area contributed by atoms with Gasteiger partial charge in [-0.2, -0.15) is 5.10 Å². The molecule has 25 heavy (non-hydrogen) atoms. The monoisotopic (exact) mass is 360 g/mol. The van der Waals surface area contributed by atoms with Crippen molar-refractivity contribution in [2.45, 2.75) is 25.2 Å². The average molecular weight is 360 g/mol. The highest BCUT2D eigenvalue weighted by atomic mass is 32.2. The first kappa shape index (κ1) is 19.0. The second kappa shape index (κ2) is 9.84. The third kappa shape index (κ3) is 6.23. The Hall–Kier alpha value is -2.34. The Morgan fingerprint density at radius 2 is 1.92 bits per heavy atom. The first-order chi connectivity index (χ1) is 12.1. The molecule has 2 aromatic carbocycles. The molecule has 1 amide bonds. The van der Waals surface area contributed by atoms with Gasteiger partial charge in [0.05, 0.1) is 18.1 Å². The maximum Gasteiger partial charge on any atom is 0.250 e. The fraction of sp³-hybridized carbons (Fsp3) is 0.263. The quantitative estimate of drug-likeness (QED) is 0.435. The third-order valence-corrected chi connectivity index (χ3v) is 4.34. The summed E-state index contributed by atoms with van der Waals surface area (Å²) in [6, 6.07) is 13.9. The number of amides is 1. The number of carbonyl (C=O) groups excluding carboxylic acids is 1. The number of rotatable bonds is 8. The third-order valence-electron chi connectivity index (χ3n) is 3.29. The van der Waals surface area contributed by atoms with Crippen LogP contribution in [0.15, 0.2) is 58.5 Å². The number of halogens is 1. The summed E-state index contributed by atoms with van der Waals surface area (Å²) in [7, 11) is 0. The molecule has 0 saturated heterocycles. The number of hydrogen-bond donors (Lipinski definition) is 1. The lowest BCUT2D eigenvalue weighted by Gasteiger charge is -2.06. The van der Waals surface area contributed by atoms with Crippen LogP contribution in [-0.4, -0.2) is 24.0 Å². The Bertz CT molecular complexity index is 732. The van der Waals surface area contributed by atoms with E-state index in [4.69, 9.17) is 4.74 Å². The van der Waals surface area contributed by atoms with Crippen LogP contribution in [0.25, 0.3) is 0 Å². The second-order valence-electron chi connectivity index (χ2n) is 5.32. The summed E-state index contributed by atoms with van der Waals surface area (Å²) in [5.41, 5.74) is 4.07. The SMILES string of the molecule is CCCOc1ccc(/C(C)=N/NC(=O)CSc2ccccc2F)cc1. The Labute approximate surface area is 151 Å². The van der Waals surface area contributed by atoms with E-state index in [9.17, 15) is 9.18 Å². The van der Waals surface area contributed by atoms with Crippen molar-refractivity contribution in [3.63, 3.8) is 0 Å². The number of nitrogens with one attached hydrogen (secondary N) is 1. The molecule has 6 heteroatoms. The normalized spacial score (nSPS) is 11.2. The summed E-state index contributed by atoms with van der Waals surface area (Å²) in [4.78, 5) is 12.3. The van der Waals surface area contributed by atoms with Gasteiger partial charge in [-0.15, -0.1) is 11.8 Å². The minimum absolute atomic E-state index is 0.0987. The van der Waals surface area contributed by atoms with Crippen LogP contribution in [0.4, 0.5) is 4.39 Å². The number of hydrazone groups is 1. The Morgan fingerprint density at radius 1 is 1.20 bits per heavy atom. The molecule has 0 aliphatic rings. The number of nitrogens with zero attached hydrogens (tertiary/aromatic N) is 1. The molecule has 0 bridgehead atoms. The molecular formula is C19H21FN2O2S. The van der Waals surface area contributed by atoms with E-state index in [1.165, 1.54) is 6.07 Å². The van der Waals surface area contributed by atoms with Crippen molar-refractivity contribution >= 4 is 23.4 Å². The van der Waals surface area contributed by atoms with Gasteiger partial charge in [0.15, 0.2) is 0 Å². The van der Waals surface area contributed by atoms with Gasteiger partial charge in [-0.25, -0.2) is 9.82 Å². The van der Waals surface area contributed by atoms with E-state index in [1.54, 1.807) is 18.2 Å². The van der Waals surface area contributed by atoms with Gasteiger partial charge in [0, 0.05) is 4.90 Å². The van der Waals surface area contributed by atoms with E-state index < -0.39 is 0 Å². The van der Waals surface area contributed by atoms with Crippen LogP contribution in [0.2, 0.25) is 0 Å². The molecule has 132 valence electrons. The van der Waals surface area contributed by atoms with Crippen molar-refractivity contribution in [3.05, 3.63) is 59.9 Å². The lowest BCUT2D eigenvalue weighted by atomic mass is 10.1. The van der Waals surface area contributed by atoms with Gasteiger partial charge in [-0.1, -0.05) is 19.1 Å². The van der Waals surface area contributed by atoms with Crippen LogP contribution in [-0.2, 0) is 4.79 Å². The predicted molar refractivity (Wildman–Crippen MR) is 99.7 cm³/mol. The van der Waals surface area contributed by atoms with Crippen molar-refractivity contribution in [2.24, 2.45) is 5.10 Å². The van der Waals surface area contributed by atoms with E-state index in [0.29, 0.717) is 17.2 Å². The van der Waals surface area contributed by atoms with Gasteiger partial charge in [-0.05, 0) is 55.3 Å². The van der Waals surface area contributed by atoms with Gasteiger partial charge >= 0.3 is 0 Å². The van der Waals surface area contributed by atoms with Crippen molar-refractivity contribution in [3.8, 4) is 5.75 Å². The average Bonchev–Trinajstić information content (AvgIpc) is 2.64. The first-order valence-corrected chi connectivity index (χ1v) is 9.02. The molecule has 0 heterocycles. The van der Waals surface area contributed by atoms with Crippen LogP contribution in [0.3, 0.4) is 0 Å². The van der Waals surface area contributed by atoms with Crippen molar-refractivity contribution in [1.82, 2.24) is 5.43 Å². The highest BCUT2D eigenvalue weighted by Crippen LogP contribution is 2.20. The van der Waals surface area contributed by atoms with E-state index in [-0.39, 0.29) is 17.5 Å². The smallest absolute Gasteiger partial charge is 0.250 e. The maximum absolute atomic E-state index is 13.5. The first-order valence-electron chi connectivity index (χ1n) is 8.04. The summed E-state index contributed by atoms with van der Waals surface area (Å²) in [6.45, 7) is 4.55. The molecule has 0 unspecified atom stereocenters. The molecule has 0 atom stereocenters. The van der Waals surface area contributed by atoms with Gasteiger partial charge in [0.1, 0.15) is 11.6 Å². The molecular weight excluding hydrogens is 339 g/mol. The van der Waals surface area contributed by atoms with Gasteiger partial charge in [-0.3, -0.25) is 4.79 Å². The molecule has 0 aliphatic carbocycles. The Kier molecular flexibility index (Phi) is 7.47. The zero-order valence-corrected chi connectivity index (χ0v) is 15.1. The van der Waals surface area contributed by atoms with Gasteiger partial charge < -0.3 is 4.74 Å². The van der Waals surface area contributed by atoms with Gasteiger partial charge in [0.25, 0.3) is 0 Å². The van der Waals surface area contributed by atoms with Crippen molar-refractivity contribution < 1.29 is 13.9 Å². The van der Waals surface area contributed by atoms with E-state index in [0.717, 1.165) is 29.5 Å². The second-order valence-corrected chi connectivity index (χ2v) is 6.34.